The van der Waals surface area contributed by atoms with Crippen LogP contribution in [0.4, 0.5) is 11.6 Å². The van der Waals surface area contributed by atoms with Crippen molar-refractivity contribution in [2.45, 2.75) is 0 Å². The molecule has 1 aliphatic heterocycles. The fourth-order valence-electron chi connectivity index (χ4n) is 3.77. The van der Waals surface area contributed by atoms with Crippen molar-refractivity contribution in [2.75, 3.05) is 36.0 Å². The highest BCUT2D eigenvalue weighted by Gasteiger charge is 2.22. The number of halogens is 2. The van der Waals surface area contributed by atoms with Gasteiger partial charge in [-0.2, -0.15) is 0 Å². The summed E-state index contributed by atoms with van der Waals surface area (Å²) in [7, 11) is 0. The number of rotatable bonds is 3. The van der Waals surface area contributed by atoms with Crippen LogP contribution in [0, 0.1) is 0 Å². The summed E-state index contributed by atoms with van der Waals surface area (Å²) in [4.78, 5) is 24.9. The lowest BCUT2D eigenvalue weighted by Crippen LogP contribution is -2.47. The number of H-pyrrole nitrogens is 1. The molecule has 0 unspecified atom stereocenters. The smallest absolute Gasteiger partial charge is 0.270 e. The van der Waals surface area contributed by atoms with Crippen LogP contribution in [0.5, 0.6) is 0 Å². The van der Waals surface area contributed by atoms with Gasteiger partial charge in [-0.05, 0) is 29.8 Å². The Balaban J connectivity index is 1.44. The topological polar surface area (TPSA) is 52.2 Å². The molecule has 8 heteroatoms. The van der Waals surface area contributed by atoms with Gasteiger partial charge in [-0.25, -0.2) is 4.98 Å². The molecule has 0 bridgehead atoms. The third-order valence-electron chi connectivity index (χ3n) is 5.34. The van der Waals surface area contributed by atoms with Gasteiger partial charge in [0.05, 0.1) is 16.2 Å². The van der Waals surface area contributed by atoms with Gasteiger partial charge >= 0.3 is 0 Å². The average molecular weight is 457 g/mol. The van der Waals surface area contributed by atoms with E-state index >= 15 is 0 Å². The summed E-state index contributed by atoms with van der Waals surface area (Å²) >= 11 is 13.8. The quantitative estimate of drug-likeness (QED) is 0.455. The second-order valence-corrected chi connectivity index (χ2v) is 8.87. The number of aromatic amines is 1. The van der Waals surface area contributed by atoms with Crippen LogP contribution in [0.25, 0.3) is 21.3 Å². The summed E-state index contributed by atoms with van der Waals surface area (Å²) in [5, 5.41) is 3.42. The van der Waals surface area contributed by atoms with Gasteiger partial charge in [0, 0.05) is 42.1 Å². The van der Waals surface area contributed by atoms with Gasteiger partial charge in [0.1, 0.15) is 4.70 Å². The number of aromatic nitrogens is 2. The van der Waals surface area contributed by atoms with Crippen LogP contribution in [0.1, 0.15) is 0 Å². The average Bonchev–Trinajstić information content (AvgIpc) is 3.19. The molecule has 0 aliphatic carbocycles. The molecular weight excluding hydrogens is 439 g/mol. The first-order chi connectivity index (χ1) is 14.6. The van der Waals surface area contributed by atoms with Gasteiger partial charge in [-0.3, -0.25) is 9.78 Å². The minimum absolute atomic E-state index is 0.103. The molecule has 5 nitrogen and oxygen atoms in total. The molecule has 30 heavy (non-hydrogen) atoms. The van der Waals surface area contributed by atoms with E-state index in [1.807, 2.05) is 53.9 Å². The Hall–Kier alpha value is -2.54. The van der Waals surface area contributed by atoms with E-state index in [-0.39, 0.29) is 5.56 Å². The minimum atomic E-state index is -0.103. The van der Waals surface area contributed by atoms with Crippen molar-refractivity contribution in [1.82, 2.24) is 9.97 Å². The summed E-state index contributed by atoms with van der Waals surface area (Å²) in [5.74, 6) is 0.611. The van der Waals surface area contributed by atoms with Crippen molar-refractivity contribution in [3.8, 4) is 11.1 Å². The molecular formula is C22H18Cl2N4OS. The molecule has 1 aliphatic rings. The van der Waals surface area contributed by atoms with Crippen LogP contribution < -0.4 is 15.4 Å². The number of fused-ring (bicyclic) bond motifs is 1. The van der Waals surface area contributed by atoms with Crippen LogP contribution in [0.2, 0.25) is 10.0 Å². The molecule has 0 atom stereocenters. The van der Waals surface area contributed by atoms with Gasteiger partial charge in [0.15, 0.2) is 0 Å². The van der Waals surface area contributed by atoms with Crippen LogP contribution in [0.3, 0.4) is 0 Å². The normalized spacial score (nSPS) is 14.5. The van der Waals surface area contributed by atoms with E-state index in [0.29, 0.717) is 15.7 Å². The Kier molecular flexibility index (Phi) is 5.15. The summed E-state index contributed by atoms with van der Waals surface area (Å²) < 4.78 is 0.637. The molecule has 1 N–H and O–H groups in total. The van der Waals surface area contributed by atoms with E-state index in [1.54, 1.807) is 0 Å². The molecule has 4 aromatic rings. The number of hydrogen-bond donors (Lipinski definition) is 1. The number of thiophene rings is 1. The Bertz CT molecular complexity index is 1260. The zero-order valence-corrected chi connectivity index (χ0v) is 18.3. The number of hydrogen-bond acceptors (Lipinski definition) is 5. The highest BCUT2D eigenvalue weighted by Crippen LogP contribution is 2.33. The van der Waals surface area contributed by atoms with Crippen LogP contribution in [-0.2, 0) is 0 Å². The van der Waals surface area contributed by atoms with Crippen LogP contribution in [-0.4, -0.2) is 36.1 Å². The fourth-order valence-corrected chi connectivity index (χ4v) is 5.06. The molecule has 152 valence electrons. The van der Waals surface area contributed by atoms with Gasteiger partial charge in [0.2, 0.25) is 5.95 Å². The highest BCUT2D eigenvalue weighted by molar-refractivity contribution is 7.17. The third kappa shape index (κ3) is 3.55. The minimum Gasteiger partial charge on any atom is -0.367 e. The second-order valence-electron chi connectivity index (χ2n) is 7.15. The van der Waals surface area contributed by atoms with E-state index in [0.717, 1.165) is 53.5 Å². The van der Waals surface area contributed by atoms with Crippen molar-refractivity contribution >= 4 is 56.4 Å². The van der Waals surface area contributed by atoms with Gasteiger partial charge in [-0.1, -0.05) is 47.5 Å². The molecule has 1 saturated heterocycles. The standard InChI is InChI=1S/C22H18Cl2N4OS/c23-15-7-5-14(6-8-15)16-13-30-20-19(16)25-22(26-21(20)29)28-11-9-27(10-12-28)18-4-2-1-3-17(18)24/h1-8,13H,9-12H2,(H,25,26,29). The summed E-state index contributed by atoms with van der Waals surface area (Å²) in [6.07, 6.45) is 0. The fraction of sp³-hybridized carbons (Fsp3) is 0.182. The van der Waals surface area contributed by atoms with Crippen molar-refractivity contribution in [1.29, 1.82) is 0 Å². The molecule has 1 fully saturated rings. The van der Waals surface area contributed by atoms with E-state index in [9.17, 15) is 4.79 Å². The summed E-state index contributed by atoms with van der Waals surface area (Å²) in [5.41, 5.74) is 3.62. The highest BCUT2D eigenvalue weighted by atomic mass is 35.5. The second kappa shape index (κ2) is 7.95. The first-order valence-electron chi connectivity index (χ1n) is 9.62. The van der Waals surface area contributed by atoms with Gasteiger partial charge in [0.25, 0.3) is 5.56 Å². The lowest BCUT2D eigenvalue weighted by molar-refractivity contribution is 0.640. The van der Waals surface area contributed by atoms with E-state index in [4.69, 9.17) is 28.2 Å². The molecule has 5 rings (SSSR count). The number of nitrogens with one attached hydrogen (secondary N) is 1. The third-order valence-corrected chi connectivity index (χ3v) is 6.88. The molecule has 0 radical (unpaired) electrons. The Morgan fingerprint density at radius 2 is 1.63 bits per heavy atom. The Labute approximate surface area is 187 Å². The maximum Gasteiger partial charge on any atom is 0.270 e. The molecule has 2 aromatic carbocycles. The number of anilines is 2. The zero-order chi connectivity index (χ0) is 20.7. The number of nitrogens with zero attached hydrogens (tertiary/aromatic N) is 3. The maximum absolute atomic E-state index is 12.7. The van der Waals surface area contributed by atoms with Crippen molar-refractivity contribution in [3.63, 3.8) is 0 Å². The number of para-hydroxylation sites is 1. The largest absolute Gasteiger partial charge is 0.367 e. The SMILES string of the molecule is O=c1[nH]c(N2CCN(c3ccccc3Cl)CC2)nc2c(-c3ccc(Cl)cc3)csc12. The predicted octanol–water partition coefficient (Wildman–Crippen LogP) is 5.29. The molecule has 0 saturated carbocycles. The van der Waals surface area contributed by atoms with Crippen LogP contribution >= 0.6 is 34.5 Å². The zero-order valence-electron chi connectivity index (χ0n) is 15.9. The van der Waals surface area contributed by atoms with Crippen molar-refractivity contribution in [3.05, 3.63) is 74.3 Å². The maximum atomic E-state index is 12.7. The van der Waals surface area contributed by atoms with Gasteiger partial charge in [-0.15, -0.1) is 11.3 Å². The molecule has 0 spiro atoms. The monoisotopic (exact) mass is 456 g/mol. The van der Waals surface area contributed by atoms with Gasteiger partial charge < -0.3 is 9.80 Å². The number of benzene rings is 2. The predicted molar refractivity (Wildman–Crippen MR) is 127 cm³/mol. The lowest BCUT2D eigenvalue weighted by atomic mass is 10.1. The Morgan fingerprint density at radius 1 is 0.933 bits per heavy atom. The molecule has 3 heterocycles. The van der Waals surface area contributed by atoms with E-state index in [2.05, 4.69) is 14.8 Å². The Morgan fingerprint density at radius 3 is 2.37 bits per heavy atom. The van der Waals surface area contributed by atoms with Crippen molar-refractivity contribution in [2.24, 2.45) is 0 Å². The van der Waals surface area contributed by atoms with Crippen molar-refractivity contribution < 1.29 is 0 Å². The summed E-state index contributed by atoms with van der Waals surface area (Å²) in [6.45, 7) is 3.11. The van der Waals surface area contributed by atoms with Crippen LogP contribution in [0.15, 0.2) is 58.7 Å². The first-order valence-corrected chi connectivity index (χ1v) is 11.3. The molecule has 2 aromatic heterocycles. The summed E-state index contributed by atoms with van der Waals surface area (Å²) in [6, 6.07) is 15.5. The number of piperazine rings is 1. The first kappa shape index (κ1) is 19.4. The van der Waals surface area contributed by atoms with E-state index in [1.165, 1.54) is 11.3 Å². The van der Waals surface area contributed by atoms with E-state index < -0.39 is 0 Å². The lowest BCUT2D eigenvalue weighted by Gasteiger charge is -2.36. The molecule has 0 amide bonds.